The number of thiophene rings is 1. The van der Waals surface area contributed by atoms with Crippen LogP contribution in [0.25, 0.3) is 0 Å². The van der Waals surface area contributed by atoms with E-state index in [4.69, 9.17) is 11.6 Å². The van der Waals surface area contributed by atoms with Crippen molar-refractivity contribution in [3.8, 4) is 0 Å². The second-order valence-electron chi connectivity index (χ2n) is 2.44. The van der Waals surface area contributed by atoms with Crippen LogP contribution in [0, 0.1) is 6.92 Å². The SMILES string of the molecule is Cc1ccc([C@H](O)CCCl)s1. The molecule has 0 aromatic carbocycles. The monoisotopic (exact) mass is 190 g/mol. The van der Waals surface area contributed by atoms with E-state index >= 15 is 0 Å². The second-order valence-corrected chi connectivity index (χ2v) is 4.14. The number of rotatable bonds is 3. The summed E-state index contributed by atoms with van der Waals surface area (Å²) in [5, 5.41) is 9.46. The van der Waals surface area contributed by atoms with Crippen LogP contribution in [-0.2, 0) is 0 Å². The minimum atomic E-state index is -0.369. The van der Waals surface area contributed by atoms with Gasteiger partial charge in [0.25, 0.3) is 0 Å². The summed E-state index contributed by atoms with van der Waals surface area (Å²) in [4.78, 5) is 2.25. The van der Waals surface area contributed by atoms with Gasteiger partial charge in [-0.15, -0.1) is 22.9 Å². The van der Waals surface area contributed by atoms with Gasteiger partial charge in [0, 0.05) is 15.6 Å². The molecule has 0 unspecified atom stereocenters. The molecule has 0 aliphatic rings. The van der Waals surface area contributed by atoms with Crippen LogP contribution in [0.5, 0.6) is 0 Å². The molecule has 1 N–H and O–H groups in total. The van der Waals surface area contributed by atoms with Crippen molar-refractivity contribution in [3.05, 3.63) is 21.9 Å². The molecule has 1 nitrogen and oxygen atoms in total. The van der Waals surface area contributed by atoms with Crippen LogP contribution in [-0.4, -0.2) is 11.0 Å². The van der Waals surface area contributed by atoms with E-state index < -0.39 is 0 Å². The Balaban J connectivity index is 2.60. The topological polar surface area (TPSA) is 20.2 Å². The van der Waals surface area contributed by atoms with Crippen molar-refractivity contribution in [3.63, 3.8) is 0 Å². The average Bonchev–Trinajstić information content (AvgIpc) is 2.36. The van der Waals surface area contributed by atoms with Crippen LogP contribution in [0.1, 0.15) is 22.3 Å². The number of aryl methyl sites for hydroxylation is 1. The Labute approximate surface area is 75.6 Å². The maximum atomic E-state index is 9.46. The van der Waals surface area contributed by atoms with Gasteiger partial charge >= 0.3 is 0 Å². The van der Waals surface area contributed by atoms with Gasteiger partial charge in [-0.2, -0.15) is 0 Å². The molecule has 11 heavy (non-hydrogen) atoms. The number of hydrogen-bond donors (Lipinski definition) is 1. The van der Waals surface area contributed by atoms with Crippen LogP contribution in [0.2, 0.25) is 0 Å². The van der Waals surface area contributed by atoms with E-state index in [1.54, 1.807) is 11.3 Å². The normalized spacial score (nSPS) is 13.4. The van der Waals surface area contributed by atoms with E-state index in [9.17, 15) is 5.11 Å². The lowest BCUT2D eigenvalue weighted by atomic mass is 10.2. The van der Waals surface area contributed by atoms with Gasteiger partial charge in [-0.25, -0.2) is 0 Å². The van der Waals surface area contributed by atoms with Crippen LogP contribution < -0.4 is 0 Å². The lowest BCUT2D eigenvalue weighted by molar-refractivity contribution is 0.178. The fourth-order valence-electron chi connectivity index (χ4n) is 0.878. The molecule has 0 saturated carbocycles. The fourth-order valence-corrected chi connectivity index (χ4v) is 1.98. The number of aliphatic hydroxyl groups excluding tert-OH is 1. The molecule has 0 bridgehead atoms. The molecule has 1 rings (SSSR count). The Hall–Kier alpha value is -0.0500. The molecular formula is C8H11ClOS. The van der Waals surface area contributed by atoms with Gasteiger partial charge in [0.2, 0.25) is 0 Å². The van der Waals surface area contributed by atoms with Gasteiger partial charge < -0.3 is 5.11 Å². The molecule has 3 heteroatoms. The summed E-state index contributed by atoms with van der Waals surface area (Å²) in [5.41, 5.74) is 0. The standard InChI is InChI=1S/C8H11ClOS/c1-6-2-3-8(11-6)7(10)4-5-9/h2-3,7,10H,4-5H2,1H3/t7-/m1/s1. The van der Waals surface area contributed by atoms with Crippen LogP contribution >= 0.6 is 22.9 Å². The zero-order valence-electron chi connectivity index (χ0n) is 6.38. The highest BCUT2D eigenvalue weighted by Gasteiger charge is 2.07. The highest BCUT2D eigenvalue weighted by molar-refractivity contribution is 7.12. The van der Waals surface area contributed by atoms with E-state index in [0.29, 0.717) is 12.3 Å². The van der Waals surface area contributed by atoms with Gasteiger partial charge in [-0.1, -0.05) is 0 Å². The summed E-state index contributed by atoms with van der Waals surface area (Å²) in [5.74, 6) is 0.512. The summed E-state index contributed by atoms with van der Waals surface area (Å²) in [6.07, 6.45) is 0.271. The lowest BCUT2D eigenvalue weighted by Gasteiger charge is -2.03. The van der Waals surface area contributed by atoms with Crippen LogP contribution in [0.3, 0.4) is 0 Å². The Bertz CT molecular complexity index is 222. The van der Waals surface area contributed by atoms with Crippen molar-refractivity contribution in [2.24, 2.45) is 0 Å². The van der Waals surface area contributed by atoms with Crippen molar-refractivity contribution in [1.82, 2.24) is 0 Å². The van der Waals surface area contributed by atoms with Crippen molar-refractivity contribution in [1.29, 1.82) is 0 Å². The first-order chi connectivity index (χ1) is 5.24. The minimum Gasteiger partial charge on any atom is -0.388 e. The van der Waals surface area contributed by atoms with E-state index in [2.05, 4.69) is 0 Å². The van der Waals surface area contributed by atoms with Crippen molar-refractivity contribution < 1.29 is 5.11 Å². The first-order valence-corrected chi connectivity index (χ1v) is 4.89. The third-order valence-electron chi connectivity index (χ3n) is 1.47. The fraction of sp³-hybridized carbons (Fsp3) is 0.500. The summed E-state index contributed by atoms with van der Waals surface area (Å²) >= 11 is 7.12. The smallest absolute Gasteiger partial charge is 0.0893 e. The largest absolute Gasteiger partial charge is 0.388 e. The Morgan fingerprint density at radius 3 is 2.82 bits per heavy atom. The Kier molecular flexibility index (Phi) is 3.37. The third-order valence-corrected chi connectivity index (χ3v) is 2.79. The molecule has 1 aromatic heterocycles. The first kappa shape index (κ1) is 9.04. The highest BCUT2D eigenvalue weighted by Crippen LogP contribution is 2.24. The molecule has 0 fully saturated rings. The third kappa shape index (κ3) is 2.47. The minimum absolute atomic E-state index is 0.369. The number of hydrogen-bond acceptors (Lipinski definition) is 2. The first-order valence-electron chi connectivity index (χ1n) is 3.54. The zero-order valence-corrected chi connectivity index (χ0v) is 7.95. The maximum absolute atomic E-state index is 9.46. The lowest BCUT2D eigenvalue weighted by Crippen LogP contribution is -1.94. The molecule has 1 atom stereocenters. The molecule has 62 valence electrons. The van der Waals surface area contributed by atoms with E-state index in [1.807, 2.05) is 19.1 Å². The van der Waals surface area contributed by atoms with Crippen LogP contribution in [0.15, 0.2) is 12.1 Å². The summed E-state index contributed by atoms with van der Waals surface area (Å²) in [7, 11) is 0. The number of halogens is 1. The maximum Gasteiger partial charge on any atom is 0.0893 e. The Morgan fingerprint density at radius 1 is 1.64 bits per heavy atom. The predicted molar refractivity (Wildman–Crippen MR) is 49.4 cm³/mol. The van der Waals surface area contributed by atoms with Gasteiger partial charge in [0.05, 0.1) is 6.10 Å². The molecule has 0 aliphatic heterocycles. The van der Waals surface area contributed by atoms with Crippen LogP contribution in [0.4, 0.5) is 0 Å². The van der Waals surface area contributed by atoms with Gasteiger partial charge in [0.1, 0.15) is 0 Å². The molecule has 0 amide bonds. The number of aliphatic hydroxyl groups is 1. The quantitative estimate of drug-likeness (QED) is 0.727. The van der Waals surface area contributed by atoms with Crippen molar-refractivity contribution in [2.45, 2.75) is 19.4 Å². The summed E-state index contributed by atoms with van der Waals surface area (Å²) < 4.78 is 0. The van der Waals surface area contributed by atoms with Crippen molar-refractivity contribution in [2.75, 3.05) is 5.88 Å². The molecule has 0 spiro atoms. The second kappa shape index (κ2) is 4.10. The van der Waals surface area contributed by atoms with E-state index in [1.165, 1.54) is 4.88 Å². The molecular weight excluding hydrogens is 180 g/mol. The van der Waals surface area contributed by atoms with E-state index in [-0.39, 0.29) is 6.10 Å². The zero-order chi connectivity index (χ0) is 8.27. The highest BCUT2D eigenvalue weighted by atomic mass is 35.5. The molecule has 0 saturated heterocycles. The summed E-state index contributed by atoms with van der Waals surface area (Å²) in [6, 6.07) is 3.97. The predicted octanol–water partition coefficient (Wildman–Crippen LogP) is 2.72. The molecule has 0 radical (unpaired) electrons. The van der Waals surface area contributed by atoms with Gasteiger partial charge in [-0.3, -0.25) is 0 Å². The number of alkyl halides is 1. The molecule has 1 heterocycles. The molecule has 1 aromatic rings. The molecule has 0 aliphatic carbocycles. The summed E-state index contributed by atoms with van der Waals surface area (Å²) in [6.45, 7) is 2.03. The average molecular weight is 191 g/mol. The van der Waals surface area contributed by atoms with Crippen molar-refractivity contribution >= 4 is 22.9 Å². The van der Waals surface area contributed by atoms with Gasteiger partial charge in [-0.05, 0) is 25.5 Å². The Morgan fingerprint density at radius 2 is 2.36 bits per heavy atom. The van der Waals surface area contributed by atoms with E-state index in [0.717, 1.165) is 4.88 Å². The van der Waals surface area contributed by atoms with Gasteiger partial charge in [0.15, 0.2) is 0 Å².